The molecular weight excluding hydrogens is 413 g/mol. The van der Waals surface area contributed by atoms with Crippen LogP contribution in [-0.2, 0) is 4.79 Å². The van der Waals surface area contributed by atoms with Crippen LogP contribution in [0.3, 0.4) is 0 Å². The fourth-order valence-electron chi connectivity index (χ4n) is 3.53. The summed E-state index contributed by atoms with van der Waals surface area (Å²) in [6.07, 6.45) is 1.68. The van der Waals surface area contributed by atoms with Gasteiger partial charge in [-0.15, -0.1) is 5.10 Å². The van der Waals surface area contributed by atoms with Crippen molar-refractivity contribution in [2.24, 2.45) is 0 Å². The zero-order valence-electron chi connectivity index (χ0n) is 18.1. The highest BCUT2D eigenvalue weighted by molar-refractivity contribution is 6.18. The Kier molecular flexibility index (Phi) is 5.72. The number of fused-ring (bicyclic) bond motifs is 1. The van der Waals surface area contributed by atoms with Crippen LogP contribution in [0.25, 0.3) is 22.7 Å². The Bertz CT molecular complexity index is 1320. The van der Waals surface area contributed by atoms with E-state index >= 15 is 0 Å². The second kappa shape index (κ2) is 8.62. The topological polar surface area (TPSA) is 95.1 Å². The quantitative estimate of drug-likeness (QED) is 0.459. The number of benzene rings is 2. The van der Waals surface area contributed by atoms with E-state index in [4.69, 9.17) is 9.15 Å². The predicted molar refractivity (Wildman–Crippen MR) is 117 cm³/mol. The molecule has 1 unspecified atom stereocenters. The van der Waals surface area contributed by atoms with Crippen LogP contribution >= 0.6 is 0 Å². The van der Waals surface area contributed by atoms with Gasteiger partial charge in [0, 0.05) is 10.9 Å². The first-order valence-corrected chi connectivity index (χ1v) is 9.98. The number of carbonyl (C=O) groups excluding carboxylic acids is 1. The standard InChI is InChI=1S/C23H22FN5O3/c1-13-19-12-17(24)8-9-21(19)32-22(13)14(2)25-23(30)20(29-15(3)26-27-28-29)11-16-6-5-7-18(10-16)31-4/h5-12,14H,1-4H3,(H,25,30)/b20-11-. The molecule has 0 aliphatic rings. The lowest BCUT2D eigenvalue weighted by atomic mass is 10.1. The Balaban J connectivity index is 1.68. The molecule has 0 bridgehead atoms. The molecule has 0 aliphatic carbocycles. The maximum absolute atomic E-state index is 13.6. The van der Waals surface area contributed by atoms with Crippen molar-refractivity contribution < 1.29 is 18.3 Å². The first-order chi connectivity index (χ1) is 15.4. The minimum Gasteiger partial charge on any atom is -0.497 e. The van der Waals surface area contributed by atoms with Crippen LogP contribution in [-0.4, -0.2) is 33.2 Å². The summed E-state index contributed by atoms with van der Waals surface area (Å²) < 4.78 is 26.2. The smallest absolute Gasteiger partial charge is 0.270 e. The number of halogens is 1. The van der Waals surface area contributed by atoms with Crippen molar-refractivity contribution >= 4 is 28.6 Å². The molecule has 4 rings (SSSR count). The van der Waals surface area contributed by atoms with E-state index in [2.05, 4.69) is 20.8 Å². The molecule has 0 saturated heterocycles. The number of nitrogens with one attached hydrogen (secondary N) is 1. The van der Waals surface area contributed by atoms with E-state index in [1.165, 1.54) is 16.8 Å². The lowest BCUT2D eigenvalue weighted by Gasteiger charge is -2.15. The van der Waals surface area contributed by atoms with E-state index in [-0.39, 0.29) is 11.5 Å². The Morgan fingerprint density at radius 2 is 2.06 bits per heavy atom. The minimum absolute atomic E-state index is 0.229. The van der Waals surface area contributed by atoms with E-state index in [0.717, 1.165) is 11.1 Å². The first-order valence-electron chi connectivity index (χ1n) is 9.98. The highest BCUT2D eigenvalue weighted by atomic mass is 19.1. The number of hydrogen-bond acceptors (Lipinski definition) is 6. The largest absolute Gasteiger partial charge is 0.497 e. The van der Waals surface area contributed by atoms with Crippen molar-refractivity contribution in [2.75, 3.05) is 7.11 Å². The zero-order valence-corrected chi connectivity index (χ0v) is 18.1. The lowest BCUT2D eigenvalue weighted by Crippen LogP contribution is -2.30. The molecule has 0 aliphatic heterocycles. The third-order valence-corrected chi connectivity index (χ3v) is 5.16. The third kappa shape index (κ3) is 4.09. The number of aromatic nitrogens is 4. The van der Waals surface area contributed by atoms with Crippen LogP contribution in [0, 0.1) is 19.7 Å². The number of tetrazole rings is 1. The van der Waals surface area contributed by atoms with Gasteiger partial charge in [0.25, 0.3) is 5.91 Å². The van der Waals surface area contributed by atoms with Gasteiger partial charge >= 0.3 is 0 Å². The predicted octanol–water partition coefficient (Wildman–Crippen LogP) is 4.06. The summed E-state index contributed by atoms with van der Waals surface area (Å²) in [4.78, 5) is 13.3. The molecule has 164 valence electrons. The first kappa shape index (κ1) is 21.2. The molecule has 2 heterocycles. The molecule has 0 saturated carbocycles. The summed E-state index contributed by atoms with van der Waals surface area (Å²) in [5, 5.41) is 15.1. The van der Waals surface area contributed by atoms with Crippen molar-refractivity contribution in [1.29, 1.82) is 0 Å². The van der Waals surface area contributed by atoms with Crippen molar-refractivity contribution in [3.63, 3.8) is 0 Å². The maximum Gasteiger partial charge on any atom is 0.270 e. The van der Waals surface area contributed by atoms with Crippen molar-refractivity contribution in [1.82, 2.24) is 25.5 Å². The van der Waals surface area contributed by atoms with Gasteiger partial charge in [-0.25, -0.2) is 4.39 Å². The molecule has 9 heteroatoms. The number of furan rings is 1. The molecule has 2 aromatic heterocycles. The number of amides is 1. The molecule has 32 heavy (non-hydrogen) atoms. The molecule has 4 aromatic rings. The second-order valence-corrected chi connectivity index (χ2v) is 7.37. The SMILES string of the molecule is COc1cccc(/C=C(/C(=O)NC(C)c2oc3ccc(F)cc3c2C)n2nnnc2C)c1. The third-order valence-electron chi connectivity index (χ3n) is 5.16. The average molecular weight is 435 g/mol. The Hall–Kier alpha value is -4.01. The number of nitrogens with zero attached hydrogens (tertiary/aromatic N) is 4. The number of aryl methyl sites for hydroxylation is 2. The van der Waals surface area contributed by atoms with Gasteiger partial charge < -0.3 is 14.5 Å². The van der Waals surface area contributed by atoms with Gasteiger partial charge in [-0.3, -0.25) is 4.79 Å². The number of carbonyl (C=O) groups is 1. The molecule has 0 radical (unpaired) electrons. The van der Waals surface area contributed by atoms with Crippen molar-refractivity contribution in [3.8, 4) is 5.75 Å². The number of rotatable bonds is 6. The molecular formula is C23H22FN5O3. The fourth-order valence-corrected chi connectivity index (χ4v) is 3.53. The summed E-state index contributed by atoms with van der Waals surface area (Å²) in [5.41, 5.74) is 2.30. The fraction of sp³-hybridized carbons (Fsp3) is 0.217. The van der Waals surface area contributed by atoms with Crippen LogP contribution in [0.2, 0.25) is 0 Å². The molecule has 1 amide bonds. The normalized spacial score (nSPS) is 12.7. The van der Waals surface area contributed by atoms with Gasteiger partial charge in [0.05, 0.1) is 13.2 Å². The monoisotopic (exact) mass is 435 g/mol. The highest BCUT2D eigenvalue weighted by Gasteiger charge is 2.23. The number of hydrogen-bond donors (Lipinski definition) is 1. The van der Waals surface area contributed by atoms with Crippen molar-refractivity contribution in [2.45, 2.75) is 26.8 Å². The summed E-state index contributed by atoms with van der Waals surface area (Å²) >= 11 is 0. The van der Waals surface area contributed by atoms with Gasteiger partial charge in [0.15, 0.2) is 5.82 Å². The highest BCUT2D eigenvalue weighted by Crippen LogP contribution is 2.30. The van der Waals surface area contributed by atoms with Crippen LogP contribution in [0.4, 0.5) is 4.39 Å². The zero-order chi connectivity index (χ0) is 22.8. The van der Waals surface area contributed by atoms with Gasteiger partial charge in [0.2, 0.25) is 0 Å². The lowest BCUT2D eigenvalue weighted by molar-refractivity contribution is -0.116. The maximum atomic E-state index is 13.6. The summed E-state index contributed by atoms with van der Waals surface area (Å²) in [5.74, 6) is 0.917. The van der Waals surface area contributed by atoms with Crippen LogP contribution < -0.4 is 10.1 Å². The van der Waals surface area contributed by atoms with Gasteiger partial charge in [-0.2, -0.15) is 4.68 Å². The van der Waals surface area contributed by atoms with E-state index in [0.29, 0.717) is 28.3 Å². The van der Waals surface area contributed by atoms with E-state index < -0.39 is 11.9 Å². The molecule has 0 fully saturated rings. The molecule has 2 aromatic carbocycles. The van der Waals surface area contributed by atoms with Crippen molar-refractivity contribution in [3.05, 3.63) is 71.0 Å². The van der Waals surface area contributed by atoms with E-state index in [1.807, 2.05) is 25.1 Å². The molecule has 1 atom stereocenters. The number of ether oxygens (including phenoxy) is 1. The summed E-state index contributed by atoms with van der Waals surface area (Å²) in [6, 6.07) is 11.1. The Morgan fingerprint density at radius 1 is 1.25 bits per heavy atom. The van der Waals surface area contributed by atoms with Gasteiger partial charge in [-0.05, 0) is 73.2 Å². The minimum atomic E-state index is -0.483. The molecule has 1 N–H and O–H groups in total. The average Bonchev–Trinajstić information content (AvgIpc) is 3.35. The van der Waals surface area contributed by atoms with Gasteiger partial charge in [0.1, 0.15) is 28.6 Å². The summed E-state index contributed by atoms with van der Waals surface area (Å²) in [7, 11) is 1.57. The van der Waals surface area contributed by atoms with Gasteiger partial charge in [-0.1, -0.05) is 12.1 Å². The Morgan fingerprint density at radius 3 is 2.78 bits per heavy atom. The molecule has 8 nitrogen and oxygen atoms in total. The van der Waals surface area contributed by atoms with Crippen LogP contribution in [0.1, 0.15) is 35.7 Å². The van der Waals surface area contributed by atoms with Crippen LogP contribution in [0.5, 0.6) is 5.75 Å². The van der Waals surface area contributed by atoms with E-state index in [1.54, 1.807) is 39.2 Å². The Labute approximate surface area is 183 Å². The van der Waals surface area contributed by atoms with Crippen LogP contribution in [0.15, 0.2) is 46.9 Å². The summed E-state index contributed by atoms with van der Waals surface area (Å²) in [6.45, 7) is 5.34. The molecule has 0 spiro atoms. The van der Waals surface area contributed by atoms with E-state index in [9.17, 15) is 9.18 Å². The number of methoxy groups -OCH3 is 1. The second-order valence-electron chi connectivity index (χ2n) is 7.37.